The summed E-state index contributed by atoms with van der Waals surface area (Å²) in [7, 11) is 0. The van der Waals surface area contributed by atoms with Gasteiger partial charge in [0, 0.05) is 25.4 Å². The summed E-state index contributed by atoms with van der Waals surface area (Å²) < 4.78 is 13.2. The Hall–Kier alpha value is -2.50. The molecule has 2 heterocycles. The minimum absolute atomic E-state index is 0.125. The van der Waals surface area contributed by atoms with Crippen molar-refractivity contribution in [1.82, 2.24) is 15.3 Å². The molecule has 0 unspecified atom stereocenters. The summed E-state index contributed by atoms with van der Waals surface area (Å²) in [6, 6.07) is 8.34. The molecule has 0 fully saturated rings. The van der Waals surface area contributed by atoms with Gasteiger partial charge >= 0.3 is 0 Å². The van der Waals surface area contributed by atoms with E-state index in [1.807, 2.05) is 18.2 Å². The molecule has 20 heavy (non-hydrogen) atoms. The van der Waals surface area contributed by atoms with Crippen molar-refractivity contribution in [1.29, 1.82) is 0 Å². The quantitative estimate of drug-likeness (QED) is 0.842. The summed E-state index contributed by atoms with van der Waals surface area (Å²) in [6.45, 7) is 0.708. The van der Waals surface area contributed by atoms with E-state index in [2.05, 4.69) is 20.6 Å². The zero-order chi connectivity index (χ0) is 14.2. The minimum Gasteiger partial charge on any atom is -0.367 e. The van der Waals surface area contributed by atoms with E-state index >= 15 is 0 Å². The fourth-order valence-electron chi connectivity index (χ4n) is 1.59. The van der Waals surface area contributed by atoms with Crippen LogP contribution < -0.4 is 10.6 Å². The third-order valence-electron chi connectivity index (χ3n) is 2.60. The molecule has 0 aromatic carbocycles. The van der Waals surface area contributed by atoms with Crippen LogP contribution in [0, 0.1) is 5.82 Å². The highest BCUT2D eigenvalue weighted by Gasteiger charge is 2.04. The number of anilines is 1. The Kier molecular flexibility index (Phi) is 5.00. The average molecular weight is 274 g/mol. The summed E-state index contributed by atoms with van der Waals surface area (Å²) in [5.74, 6) is -0.397. The van der Waals surface area contributed by atoms with Crippen LogP contribution in [0.4, 0.5) is 10.2 Å². The van der Waals surface area contributed by atoms with Crippen LogP contribution >= 0.6 is 0 Å². The number of nitrogens with zero attached hydrogens (tertiary/aromatic N) is 2. The molecule has 0 aliphatic rings. The van der Waals surface area contributed by atoms with Gasteiger partial charge in [0.05, 0.1) is 12.2 Å². The van der Waals surface area contributed by atoms with E-state index in [0.717, 1.165) is 5.69 Å². The Morgan fingerprint density at radius 1 is 1.15 bits per heavy atom. The van der Waals surface area contributed by atoms with Crippen LogP contribution in [0.3, 0.4) is 0 Å². The molecule has 0 saturated heterocycles. The van der Waals surface area contributed by atoms with Crippen LogP contribution in [0.1, 0.15) is 12.1 Å². The highest BCUT2D eigenvalue weighted by molar-refractivity contribution is 5.76. The van der Waals surface area contributed by atoms with Gasteiger partial charge < -0.3 is 10.6 Å². The normalized spacial score (nSPS) is 10.1. The zero-order valence-corrected chi connectivity index (χ0v) is 10.8. The first kappa shape index (κ1) is 13.9. The van der Waals surface area contributed by atoms with Gasteiger partial charge in [0.1, 0.15) is 0 Å². The number of aromatic nitrogens is 2. The number of amides is 1. The second-order valence-corrected chi connectivity index (χ2v) is 4.11. The number of hydrogen-bond acceptors (Lipinski definition) is 4. The SMILES string of the molecule is O=C(CCNc1ncccc1F)NCc1ccccn1. The molecule has 0 atom stereocenters. The highest BCUT2D eigenvalue weighted by Crippen LogP contribution is 2.07. The number of carbonyl (C=O) groups excluding carboxylic acids is 1. The summed E-state index contributed by atoms with van der Waals surface area (Å²) in [5, 5.41) is 5.52. The van der Waals surface area contributed by atoms with Crippen molar-refractivity contribution in [3.05, 3.63) is 54.2 Å². The van der Waals surface area contributed by atoms with E-state index in [1.165, 1.54) is 18.3 Å². The molecule has 2 N–H and O–H groups in total. The summed E-state index contributed by atoms with van der Waals surface area (Å²) >= 11 is 0. The molecule has 0 spiro atoms. The predicted octanol–water partition coefficient (Wildman–Crippen LogP) is 1.73. The van der Waals surface area contributed by atoms with Crippen LogP contribution in [-0.4, -0.2) is 22.4 Å². The lowest BCUT2D eigenvalue weighted by Gasteiger charge is -2.07. The van der Waals surface area contributed by atoms with Gasteiger partial charge in [-0.15, -0.1) is 0 Å². The lowest BCUT2D eigenvalue weighted by atomic mass is 10.3. The first-order chi connectivity index (χ1) is 9.75. The predicted molar refractivity (Wildman–Crippen MR) is 73.4 cm³/mol. The molecule has 104 valence electrons. The van der Waals surface area contributed by atoms with Crippen molar-refractivity contribution in [3.63, 3.8) is 0 Å². The molecule has 2 aromatic rings. The van der Waals surface area contributed by atoms with Crippen molar-refractivity contribution in [2.24, 2.45) is 0 Å². The molecule has 1 amide bonds. The largest absolute Gasteiger partial charge is 0.367 e. The van der Waals surface area contributed by atoms with E-state index in [4.69, 9.17) is 0 Å². The molecular weight excluding hydrogens is 259 g/mol. The van der Waals surface area contributed by atoms with Gasteiger partial charge in [-0.25, -0.2) is 9.37 Å². The first-order valence-electron chi connectivity index (χ1n) is 6.26. The standard InChI is InChI=1S/C14H15FN4O/c15-12-5-3-8-17-14(12)18-9-6-13(20)19-10-11-4-1-2-7-16-11/h1-5,7-8H,6,9-10H2,(H,17,18)(H,19,20). The number of nitrogens with one attached hydrogen (secondary N) is 2. The number of halogens is 1. The van der Waals surface area contributed by atoms with Crippen molar-refractivity contribution < 1.29 is 9.18 Å². The van der Waals surface area contributed by atoms with E-state index in [9.17, 15) is 9.18 Å². The third kappa shape index (κ3) is 4.31. The lowest BCUT2D eigenvalue weighted by molar-refractivity contribution is -0.121. The maximum atomic E-state index is 13.2. The van der Waals surface area contributed by atoms with Gasteiger partial charge in [-0.1, -0.05) is 6.07 Å². The molecule has 0 aliphatic heterocycles. The van der Waals surface area contributed by atoms with Crippen LogP contribution in [0.2, 0.25) is 0 Å². The van der Waals surface area contributed by atoms with E-state index in [0.29, 0.717) is 13.1 Å². The summed E-state index contributed by atoms with van der Waals surface area (Å²) in [5.41, 5.74) is 0.796. The molecule has 2 aromatic heterocycles. The second-order valence-electron chi connectivity index (χ2n) is 4.11. The Bertz CT molecular complexity index is 562. The molecular formula is C14H15FN4O. The lowest BCUT2D eigenvalue weighted by Crippen LogP contribution is -2.25. The number of rotatable bonds is 6. The monoisotopic (exact) mass is 274 g/mol. The molecule has 0 aliphatic carbocycles. The van der Waals surface area contributed by atoms with E-state index in [1.54, 1.807) is 6.20 Å². The number of pyridine rings is 2. The van der Waals surface area contributed by atoms with Crippen molar-refractivity contribution >= 4 is 11.7 Å². The van der Waals surface area contributed by atoms with Crippen molar-refractivity contribution in [3.8, 4) is 0 Å². The van der Waals surface area contributed by atoms with Gasteiger partial charge in [-0.05, 0) is 24.3 Å². The number of hydrogen-bond donors (Lipinski definition) is 2. The maximum Gasteiger partial charge on any atom is 0.222 e. The highest BCUT2D eigenvalue weighted by atomic mass is 19.1. The average Bonchev–Trinajstić information content (AvgIpc) is 2.48. The smallest absolute Gasteiger partial charge is 0.222 e. The van der Waals surface area contributed by atoms with Crippen LogP contribution in [0.5, 0.6) is 0 Å². The molecule has 0 radical (unpaired) electrons. The number of carbonyl (C=O) groups is 1. The molecule has 6 heteroatoms. The molecule has 2 rings (SSSR count). The van der Waals surface area contributed by atoms with E-state index in [-0.39, 0.29) is 18.1 Å². The Labute approximate surface area is 116 Å². The summed E-state index contributed by atoms with van der Waals surface area (Å²) in [4.78, 5) is 19.5. The van der Waals surface area contributed by atoms with Crippen LogP contribution in [0.25, 0.3) is 0 Å². The Morgan fingerprint density at radius 3 is 2.75 bits per heavy atom. The van der Waals surface area contributed by atoms with Gasteiger partial charge in [0.25, 0.3) is 0 Å². The van der Waals surface area contributed by atoms with Gasteiger partial charge in [-0.3, -0.25) is 9.78 Å². The fraction of sp³-hybridized carbons (Fsp3) is 0.214. The minimum atomic E-state index is -0.429. The molecule has 5 nitrogen and oxygen atoms in total. The second kappa shape index (κ2) is 7.18. The van der Waals surface area contributed by atoms with Gasteiger partial charge in [0.2, 0.25) is 5.91 Å². The van der Waals surface area contributed by atoms with Crippen LogP contribution in [-0.2, 0) is 11.3 Å². The van der Waals surface area contributed by atoms with Crippen molar-refractivity contribution in [2.75, 3.05) is 11.9 Å². The van der Waals surface area contributed by atoms with E-state index < -0.39 is 5.82 Å². The topological polar surface area (TPSA) is 66.9 Å². The van der Waals surface area contributed by atoms with Crippen LogP contribution in [0.15, 0.2) is 42.7 Å². The maximum absolute atomic E-state index is 13.2. The first-order valence-corrected chi connectivity index (χ1v) is 6.26. The molecule has 0 saturated carbocycles. The fourth-order valence-corrected chi connectivity index (χ4v) is 1.59. The third-order valence-corrected chi connectivity index (χ3v) is 2.60. The zero-order valence-electron chi connectivity index (χ0n) is 10.8. The van der Waals surface area contributed by atoms with Gasteiger partial charge in [0.15, 0.2) is 11.6 Å². The Morgan fingerprint density at radius 2 is 2.00 bits per heavy atom. The van der Waals surface area contributed by atoms with Gasteiger partial charge in [-0.2, -0.15) is 0 Å². The Balaban J connectivity index is 1.69. The van der Waals surface area contributed by atoms with Crippen molar-refractivity contribution in [2.45, 2.75) is 13.0 Å². The molecule has 0 bridgehead atoms. The summed E-state index contributed by atoms with van der Waals surface area (Å²) in [6.07, 6.45) is 3.41.